The molecule has 0 saturated heterocycles. The first-order valence-electron chi connectivity index (χ1n) is 9.15. The minimum Gasteiger partial charge on any atom is -0.481 e. The second-order valence-electron chi connectivity index (χ2n) is 6.81. The minimum absolute atomic E-state index is 0. The third-order valence-corrected chi connectivity index (χ3v) is 7.25. The van der Waals surface area contributed by atoms with Crippen LogP contribution in [0.2, 0.25) is 0 Å². The topological polar surface area (TPSA) is 86.7 Å². The van der Waals surface area contributed by atoms with E-state index in [0.29, 0.717) is 28.7 Å². The summed E-state index contributed by atoms with van der Waals surface area (Å²) in [7, 11) is -2.10. The summed E-state index contributed by atoms with van der Waals surface area (Å²) in [5.74, 6) is -0.779. The Morgan fingerprint density at radius 3 is 2.59 bits per heavy atom. The van der Waals surface area contributed by atoms with Gasteiger partial charge in [-0.1, -0.05) is 46.6 Å². The van der Waals surface area contributed by atoms with Gasteiger partial charge in [-0.15, -0.1) is 12.4 Å². The van der Waals surface area contributed by atoms with Crippen LogP contribution in [0, 0.1) is 0 Å². The van der Waals surface area contributed by atoms with Gasteiger partial charge in [0, 0.05) is 17.9 Å². The Labute approximate surface area is 185 Å². The molecule has 29 heavy (non-hydrogen) atoms. The van der Waals surface area contributed by atoms with Crippen LogP contribution in [0.5, 0.6) is 0 Å². The smallest absolute Gasteiger partial charge is 0.303 e. The van der Waals surface area contributed by atoms with Crippen LogP contribution in [0.1, 0.15) is 42.9 Å². The summed E-state index contributed by atoms with van der Waals surface area (Å²) in [6.07, 6.45) is 2.44. The lowest BCUT2D eigenvalue weighted by Crippen LogP contribution is -2.26. The van der Waals surface area contributed by atoms with Crippen molar-refractivity contribution < 1.29 is 18.3 Å². The molecule has 0 radical (unpaired) electrons. The Morgan fingerprint density at radius 2 is 1.86 bits per heavy atom. The molecule has 0 amide bonds. The number of carbonyl (C=O) groups is 1. The first-order chi connectivity index (χ1) is 13.3. The largest absolute Gasteiger partial charge is 0.481 e. The van der Waals surface area contributed by atoms with Crippen LogP contribution in [-0.4, -0.2) is 33.1 Å². The van der Waals surface area contributed by atoms with E-state index in [1.54, 1.807) is 13.1 Å². The number of carboxylic acids is 1. The predicted molar refractivity (Wildman–Crippen MR) is 119 cm³/mol. The molecule has 6 nitrogen and oxygen atoms in total. The van der Waals surface area contributed by atoms with E-state index in [0.717, 1.165) is 18.4 Å². The number of nitrogens with one attached hydrogen (secondary N) is 1. The van der Waals surface area contributed by atoms with Crippen molar-refractivity contribution in [2.24, 2.45) is 0 Å². The second-order valence-corrected chi connectivity index (χ2v) is 9.66. The van der Waals surface area contributed by atoms with Crippen molar-refractivity contribution in [2.75, 3.05) is 17.9 Å². The number of hydrogen-bond acceptors (Lipinski definition) is 4. The number of nitrogens with zero attached hydrogens (tertiary/aromatic N) is 1. The Bertz CT molecular complexity index is 984. The van der Waals surface area contributed by atoms with Crippen LogP contribution < -0.4 is 9.62 Å². The molecule has 1 aliphatic rings. The number of rotatable bonds is 7. The predicted octanol–water partition coefficient (Wildman–Crippen LogP) is 4.33. The fraction of sp³-hybridized carbons (Fsp3) is 0.350. The summed E-state index contributed by atoms with van der Waals surface area (Å²) >= 11 is 3.38. The maximum atomic E-state index is 13.2. The maximum Gasteiger partial charge on any atom is 0.303 e. The van der Waals surface area contributed by atoms with Crippen molar-refractivity contribution in [3.63, 3.8) is 0 Å². The molecule has 0 bridgehead atoms. The number of para-hydroxylation sites is 1. The third-order valence-electron chi connectivity index (χ3n) is 4.93. The summed E-state index contributed by atoms with van der Waals surface area (Å²) in [6.45, 7) is 0.665. The molecule has 1 heterocycles. The molecule has 1 aliphatic heterocycles. The van der Waals surface area contributed by atoms with Gasteiger partial charge < -0.3 is 10.4 Å². The van der Waals surface area contributed by atoms with Gasteiger partial charge in [-0.05, 0) is 48.7 Å². The Kier molecular flexibility index (Phi) is 8.10. The van der Waals surface area contributed by atoms with Crippen LogP contribution in [0.3, 0.4) is 0 Å². The van der Waals surface area contributed by atoms with Gasteiger partial charge in [-0.3, -0.25) is 9.10 Å². The van der Waals surface area contributed by atoms with Crippen molar-refractivity contribution in [1.29, 1.82) is 0 Å². The van der Waals surface area contributed by atoms with E-state index in [1.807, 2.05) is 36.4 Å². The summed E-state index contributed by atoms with van der Waals surface area (Å²) in [4.78, 5) is 10.9. The van der Waals surface area contributed by atoms with Crippen molar-refractivity contribution >= 4 is 50.0 Å². The number of aliphatic carboxylic acids is 1. The van der Waals surface area contributed by atoms with Crippen molar-refractivity contribution in [1.82, 2.24) is 5.32 Å². The quantitative estimate of drug-likeness (QED) is 0.549. The molecule has 0 aliphatic carbocycles. The zero-order valence-electron chi connectivity index (χ0n) is 16.0. The first kappa shape index (κ1) is 23.7. The Balaban J connectivity index is 0.00000300. The average Bonchev–Trinajstić information content (AvgIpc) is 2.72. The number of halogens is 2. The van der Waals surface area contributed by atoms with Crippen LogP contribution >= 0.6 is 28.3 Å². The van der Waals surface area contributed by atoms with E-state index in [9.17, 15) is 13.2 Å². The summed E-state index contributed by atoms with van der Waals surface area (Å²) in [6, 6.07) is 12.6. The van der Waals surface area contributed by atoms with Gasteiger partial charge >= 0.3 is 5.97 Å². The monoisotopic (exact) mass is 502 g/mol. The molecule has 2 aromatic rings. The summed E-state index contributed by atoms with van der Waals surface area (Å²) in [5, 5.41) is 12.2. The molecule has 0 aromatic heterocycles. The molecule has 2 N–H and O–H groups in total. The standard InChI is InChI=1S/C20H23BrN2O4S.ClH/c1-23-17-8-5-4-7-15(17)20(22-12-6-2-3-9-19(24)25)16-11-10-14(21)13-18(16)28(23,26)27;/h4-5,7-8,10-11,13,20,22H,2-3,6,9,12H2,1H3,(H,24,25);1H. The molecule has 0 spiro atoms. The number of hydrogen-bond donors (Lipinski definition) is 2. The fourth-order valence-electron chi connectivity index (χ4n) is 3.48. The Hall–Kier alpha value is -1.61. The second kappa shape index (κ2) is 9.93. The molecule has 1 atom stereocenters. The van der Waals surface area contributed by atoms with Gasteiger partial charge in [-0.2, -0.15) is 0 Å². The molecule has 1 unspecified atom stereocenters. The zero-order chi connectivity index (χ0) is 20.3. The fourth-order valence-corrected chi connectivity index (χ4v) is 5.47. The van der Waals surface area contributed by atoms with Gasteiger partial charge in [-0.25, -0.2) is 8.42 Å². The van der Waals surface area contributed by atoms with Gasteiger partial charge in [0.1, 0.15) is 0 Å². The molecule has 2 aromatic carbocycles. The average molecular weight is 504 g/mol. The van der Waals surface area contributed by atoms with Crippen molar-refractivity contribution in [3.05, 3.63) is 58.1 Å². The Morgan fingerprint density at radius 1 is 1.14 bits per heavy atom. The normalized spacial score (nSPS) is 16.9. The molecule has 3 rings (SSSR count). The van der Waals surface area contributed by atoms with E-state index in [2.05, 4.69) is 21.2 Å². The first-order valence-corrected chi connectivity index (χ1v) is 11.4. The summed E-state index contributed by atoms with van der Waals surface area (Å²) < 4.78 is 28.4. The number of unbranched alkanes of at least 4 members (excludes halogenated alkanes) is 2. The summed E-state index contributed by atoms with van der Waals surface area (Å²) in [5.41, 5.74) is 2.27. The highest BCUT2D eigenvalue weighted by molar-refractivity contribution is 9.10. The minimum atomic E-state index is -3.68. The van der Waals surface area contributed by atoms with E-state index in [1.165, 1.54) is 4.31 Å². The third kappa shape index (κ3) is 5.12. The lowest BCUT2D eigenvalue weighted by atomic mass is 9.96. The number of benzene rings is 2. The highest BCUT2D eigenvalue weighted by atomic mass is 79.9. The molecule has 9 heteroatoms. The number of fused-ring (bicyclic) bond motifs is 2. The highest BCUT2D eigenvalue weighted by Crippen LogP contribution is 2.40. The van der Waals surface area contributed by atoms with E-state index in [4.69, 9.17) is 5.11 Å². The zero-order valence-corrected chi connectivity index (χ0v) is 19.2. The van der Waals surface area contributed by atoms with Crippen LogP contribution in [-0.2, 0) is 14.8 Å². The lowest BCUT2D eigenvalue weighted by molar-refractivity contribution is -0.137. The van der Waals surface area contributed by atoms with Gasteiger partial charge in [0.15, 0.2) is 0 Å². The number of carboxylic acid groups (broad SMARTS) is 1. The SMILES string of the molecule is CN1c2ccccc2C(NCCCCCC(=O)O)c2ccc(Br)cc2S1(=O)=O.Cl. The van der Waals surface area contributed by atoms with Crippen molar-refractivity contribution in [2.45, 2.75) is 36.6 Å². The number of anilines is 1. The van der Waals surface area contributed by atoms with E-state index >= 15 is 0 Å². The molecule has 158 valence electrons. The highest BCUT2D eigenvalue weighted by Gasteiger charge is 2.34. The van der Waals surface area contributed by atoms with Crippen LogP contribution in [0.4, 0.5) is 5.69 Å². The maximum absolute atomic E-state index is 13.2. The van der Waals surface area contributed by atoms with Gasteiger partial charge in [0.05, 0.1) is 16.6 Å². The molecular weight excluding hydrogens is 480 g/mol. The van der Waals surface area contributed by atoms with Crippen molar-refractivity contribution in [3.8, 4) is 0 Å². The molecule has 0 saturated carbocycles. The lowest BCUT2D eigenvalue weighted by Gasteiger charge is -2.22. The molecule has 0 fully saturated rings. The number of sulfonamides is 1. The van der Waals surface area contributed by atoms with Crippen LogP contribution in [0.25, 0.3) is 0 Å². The molecular formula is C20H24BrClN2O4S. The van der Waals surface area contributed by atoms with E-state index < -0.39 is 16.0 Å². The van der Waals surface area contributed by atoms with Crippen LogP contribution in [0.15, 0.2) is 51.8 Å². The van der Waals surface area contributed by atoms with Gasteiger partial charge in [0.2, 0.25) is 0 Å². The van der Waals surface area contributed by atoms with Gasteiger partial charge in [0.25, 0.3) is 10.0 Å². The van der Waals surface area contributed by atoms with E-state index in [-0.39, 0.29) is 29.8 Å².